The Labute approximate surface area is 195 Å². The van der Waals surface area contributed by atoms with Crippen LogP contribution in [-0.2, 0) is 14.3 Å². The molecule has 0 amide bonds. The van der Waals surface area contributed by atoms with Crippen LogP contribution in [-0.4, -0.2) is 25.3 Å². The molecule has 4 heteroatoms. The predicted octanol–water partition coefficient (Wildman–Crippen LogP) is 5.36. The zero-order chi connectivity index (χ0) is 22.9. The van der Waals surface area contributed by atoms with Crippen LogP contribution in [0.1, 0.15) is 91.4 Å². The first kappa shape index (κ1) is 24.1. The smallest absolute Gasteiger partial charge is 0.111 e. The number of hydrogen-bond acceptors (Lipinski definition) is 4. The minimum absolute atomic E-state index is 0.124. The van der Waals surface area contributed by atoms with E-state index >= 15 is 0 Å². The highest BCUT2D eigenvalue weighted by Gasteiger charge is 2.63. The zero-order valence-corrected chi connectivity index (χ0v) is 20.7. The van der Waals surface area contributed by atoms with Gasteiger partial charge >= 0.3 is 0 Å². The minimum Gasteiger partial charge on any atom is -0.550 e. The van der Waals surface area contributed by atoms with Gasteiger partial charge in [-0.05, 0) is 104 Å². The average Bonchev–Trinajstić information content (AvgIpc) is 3.13. The number of ether oxygens (including phenoxy) is 2. The van der Waals surface area contributed by atoms with Crippen LogP contribution in [0.25, 0.3) is 0 Å². The van der Waals surface area contributed by atoms with E-state index < -0.39 is 5.97 Å². The fraction of sp³-hybridized carbons (Fsp3) is 0.893. The van der Waals surface area contributed by atoms with E-state index in [0.717, 1.165) is 24.2 Å². The third kappa shape index (κ3) is 4.14. The molecule has 9 unspecified atom stereocenters. The van der Waals surface area contributed by atoms with E-state index in [9.17, 15) is 9.90 Å². The first-order chi connectivity index (χ1) is 15.3. The van der Waals surface area contributed by atoms with Gasteiger partial charge in [0.15, 0.2) is 0 Å². The Bertz CT molecular complexity index is 676. The third-order valence-electron chi connectivity index (χ3n) is 10.9. The third-order valence-corrected chi connectivity index (χ3v) is 10.9. The summed E-state index contributed by atoms with van der Waals surface area (Å²) >= 11 is 0. The van der Waals surface area contributed by atoms with Crippen molar-refractivity contribution in [2.24, 2.45) is 46.3 Å². The molecule has 4 rings (SSSR count). The molecular weight excluding hydrogens is 400 g/mol. The normalized spacial score (nSPS) is 44.1. The Morgan fingerprint density at radius 3 is 2.69 bits per heavy atom. The molecule has 0 aromatic rings. The summed E-state index contributed by atoms with van der Waals surface area (Å²) in [4.78, 5) is 11.1. The maximum atomic E-state index is 11.1. The lowest BCUT2D eigenvalue weighted by molar-refractivity contribution is -0.306. The van der Waals surface area contributed by atoms with E-state index in [2.05, 4.69) is 27.4 Å². The fourth-order valence-electron chi connectivity index (χ4n) is 9.31. The molecule has 9 atom stereocenters. The summed E-state index contributed by atoms with van der Waals surface area (Å²) in [6.07, 6.45) is 14.7. The number of aliphatic carboxylic acids is 1. The van der Waals surface area contributed by atoms with Gasteiger partial charge in [0.2, 0.25) is 0 Å². The van der Waals surface area contributed by atoms with Crippen LogP contribution in [0.2, 0.25) is 0 Å². The van der Waals surface area contributed by atoms with Crippen LogP contribution in [0, 0.1) is 46.3 Å². The average molecular weight is 446 g/mol. The van der Waals surface area contributed by atoms with Crippen LogP contribution in [0.5, 0.6) is 0 Å². The summed E-state index contributed by atoms with van der Waals surface area (Å²) in [6.45, 7) is 12.2. The quantitative estimate of drug-likeness (QED) is 0.354. The molecule has 4 saturated carbocycles. The van der Waals surface area contributed by atoms with Crippen LogP contribution < -0.4 is 5.11 Å². The standard InChI is InChI=1S/C28H46O4/c1-5-31-16-17-32-25-18-24-21(11-10-20-8-6-7-15-27(20,24)3)23-13-12-22(28(23,25)4)19(2)9-14-26(29)30/h5,19-25H,1,6-18H2,2-4H3,(H,29,30)/p-1. The number of fused-ring (bicyclic) bond motifs is 5. The van der Waals surface area contributed by atoms with Gasteiger partial charge in [-0.15, -0.1) is 0 Å². The van der Waals surface area contributed by atoms with Gasteiger partial charge in [-0.2, -0.15) is 0 Å². The number of carboxylic acid groups (broad SMARTS) is 1. The second-order valence-electron chi connectivity index (χ2n) is 12.0. The lowest BCUT2D eigenvalue weighted by Gasteiger charge is -2.62. The fourth-order valence-corrected chi connectivity index (χ4v) is 9.31. The number of carbonyl (C=O) groups is 1. The Morgan fingerprint density at radius 2 is 1.94 bits per heavy atom. The topological polar surface area (TPSA) is 58.6 Å². The van der Waals surface area contributed by atoms with Crippen LogP contribution in [0.4, 0.5) is 0 Å². The molecule has 0 saturated heterocycles. The van der Waals surface area contributed by atoms with Gasteiger partial charge in [0.1, 0.15) is 6.61 Å². The maximum Gasteiger partial charge on any atom is 0.111 e. The molecule has 4 nitrogen and oxygen atoms in total. The highest BCUT2D eigenvalue weighted by Crippen LogP contribution is 2.68. The summed E-state index contributed by atoms with van der Waals surface area (Å²) < 4.78 is 12.1. The van der Waals surface area contributed by atoms with Crippen LogP contribution in [0.3, 0.4) is 0 Å². The molecule has 32 heavy (non-hydrogen) atoms. The molecule has 4 fully saturated rings. The Kier molecular flexibility index (Phi) is 7.29. The molecule has 0 heterocycles. The van der Waals surface area contributed by atoms with E-state index in [1.54, 1.807) is 0 Å². The summed E-state index contributed by atoms with van der Waals surface area (Å²) in [6, 6.07) is 0. The molecule has 0 radical (unpaired) electrons. The van der Waals surface area contributed by atoms with E-state index in [-0.39, 0.29) is 17.9 Å². The van der Waals surface area contributed by atoms with Crippen molar-refractivity contribution in [1.29, 1.82) is 0 Å². The van der Waals surface area contributed by atoms with Crippen molar-refractivity contribution >= 4 is 5.97 Å². The van der Waals surface area contributed by atoms with Gasteiger partial charge < -0.3 is 19.4 Å². The summed E-state index contributed by atoms with van der Waals surface area (Å²) in [5, 5.41) is 11.1. The molecule has 0 bridgehead atoms. The van der Waals surface area contributed by atoms with Crippen molar-refractivity contribution in [3.05, 3.63) is 12.8 Å². The summed E-state index contributed by atoms with van der Waals surface area (Å²) in [5.74, 6) is 3.15. The van der Waals surface area contributed by atoms with Crippen LogP contribution in [0.15, 0.2) is 12.8 Å². The zero-order valence-electron chi connectivity index (χ0n) is 20.7. The molecule has 182 valence electrons. The van der Waals surface area contributed by atoms with Crippen molar-refractivity contribution in [1.82, 2.24) is 0 Å². The van der Waals surface area contributed by atoms with E-state index in [1.807, 2.05) is 0 Å². The van der Waals surface area contributed by atoms with Gasteiger partial charge in [0, 0.05) is 5.97 Å². The SMILES string of the molecule is C=COCCOC1CC2C(CCC3CCCCC32C)C2CCC(C(C)CCC(=O)[O-])C12C. The number of carboxylic acids is 1. The van der Waals surface area contributed by atoms with E-state index in [0.29, 0.717) is 36.4 Å². The largest absolute Gasteiger partial charge is 0.550 e. The minimum atomic E-state index is -0.918. The van der Waals surface area contributed by atoms with Gasteiger partial charge in [-0.1, -0.05) is 40.2 Å². The van der Waals surface area contributed by atoms with Gasteiger partial charge in [0.05, 0.1) is 19.0 Å². The Morgan fingerprint density at radius 1 is 1.12 bits per heavy atom. The van der Waals surface area contributed by atoms with Crippen molar-refractivity contribution in [3.8, 4) is 0 Å². The highest BCUT2D eigenvalue weighted by molar-refractivity contribution is 5.64. The Hall–Kier alpha value is -1.03. The van der Waals surface area contributed by atoms with Crippen molar-refractivity contribution in [2.45, 2.75) is 97.5 Å². The molecular formula is C28H45O4-. The van der Waals surface area contributed by atoms with Crippen molar-refractivity contribution in [2.75, 3.05) is 13.2 Å². The maximum absolute atomic E-state index is 11.1. The van der Waals surface area contributed by atoms with Crippen LogP contribution >= 0.6 is 0 Å². The van der Waals surface area contributed by atoms with E-state index in [4.69, 9.17) is 9.47 Å². The molecule has 0 spiro atoms. The molecule has 0 aliphatic heterocycles. The molecule has 0 aromatic carbocycles. The predicted molar refractivity (Wildman–Crippen MR) is 125 cm³/mol. The first-order valence-electron chi connectivity index (χ1n) is 13.4. The second kappa shape index (κ2) is 9.68. The summed E-state index contributed by atoms with van der Waals surface area (Å²) in [5.41, 5.74) is 0.596. The lowest BCUT2D eigenvalue weighted by Crippen LogP contribution is -2.59. The lowest BCUT2D eigenvalue weighted by atomic mass is 9.44. The van der Waals surface area contributed by atoms with Crippen molar-refractivity contribution in [3.63, 3.8) is 0 Å². The monoisotopic (exact) mass is 445 g/mol. The van der Waals surface area contributed by atoms with Crippen molar-refractivity contribution < 1.29 is 19.4 Å². The summed E-state index contributed by atoms with van der Waals surface area (Å²) in [7, 11) is 0. The Balaban J connectivity index is 1.60. The van der Waals surface area contributed by atoms with Gasteiger partial charge in [-0.25, -0.2) is 0 Å². The number of rotatable bonds is 9. The number of carbonyl (C=O) groups excluding carboxylic acids is 1. The second-order valence-corrected chi connectivity index (χ2v) is 12.0. The molecule has 0 N–H and O–H groups in total. The molecule has 4 aliphatic rings. The molecule has 0 aromatic heterocycles. The number of hydrogen-bond donors (Lipinski definition) is 0. The molecule has 4 aliphatic carbocycles. The first-order valence-corrected chi connectivity index (χ1v) is 13.4. The highest BCUT2D eigenvalue weighted by atomic mass is 16.5. The van der Waals surface area contributed by atoms with Gasteiger partial charge in [-0.3, -0.25) is 0 Å². The van der Waals surface area contributed by atoms with Gasteiger partial charge in [0.25, 0.3) is 0 Å². The van der Waals surface area contributed by atoms with E-state index in [1.165, 1.54) is 64.0 Å².